The van der Waals surface area contributed by atoms with Crippen molar-refractivity contribution in [1.82, 2.24) is 0 Å². The van der Waals surface area contributed by atoms with Gasteiger partial charge >= 0.3 is 0 Å². The molecule has 1 aliphatic carbocycles. The Bertz CT molecular complexity index is 259. The molecule has 0 saturated carbocycles. The fourth-order valence-corrected chi connectivity index (χ4v) is 1.59. The van der Waals surface area contributed by atoms with Crippen molar-refractivity contribution < 1.29 is 0 Å². The van der Waals surface area contributed by atoms with Crippen LogP contribution in [0, 0.1) is 5.92 Å². The van der Waals surface area contributed by atoms with E-state index < -0.39 is 0 Å². The zero-order valence-electron chi connectivity index (χ0n) is 8.31. The van der Waals surface area contributed by atoms with E-state index in [4.69, 9.17) is 11.5 Å². The van der Waals surface area contributed by atoms with Gasteiger partial charge in [0, 0.05) is 17.2 Å². The molecule has 4 N–H and O–H groups in total. The molecule has 68 valence electrons. The van der Waals surface area contributed by atoms with Crippen LogP contribution in [-0.4, -0.2) is 5.54 Å². The maximum Gasteiger partial charge on any atom is 0.0397 e. The van der Waals surface area contributed by atoms with E-state index in [1.54, 1.807) is 0 Å². The third-order valence-corrected chi connectivity index (χ3v) is 2.95. The molecule has 2 atom stereocenters. The minimum Gasteiger partial charge on any atom is -0.402 e. The molecule has 0 saturated heterocycles. The standard InChI is InChI=1S/C10H18N2/c1-6-5-10(4,12)8(3)9(11)7(6)2/h5,8H,11-12H2,1-4H3. The molecule has 2 heteroatoms. The van der Waals surface area contributed by atoms with Crippen molar-refractivity contribution in [3.05, 3.63) is 22.9 Å². The first kappa shape index (κ1) is 9.33. The molecule has 0 amide bonds. The first-order chi connectivity index (χ1) is 5.36. The average molecular weight is 166 g/mol. The molecule has 0 radical (unpaired) electrons. The Balaban J connectivity index is 3.15. The van der Waals surface area contributed by atoms with Gasteiger partial charge in [0.15, 0.2) is 0 Å². The lowest BCUT2D eigenvalue weighted by Crippen LogP contribution is -2.45. The van der Waals surface area contributed by atoms with Gasteiger partial charge in [0.2, 0.25) is 0 Å². The Morgan fingerprint density at radius 3 is 2.42 bits per heavy atom. The zero-order chi connectivity index (χ0) is 9.52. The monoisotopic (exact) mass is 166 g/mol. The highest BCUT2D eigenvalue weighted by molar-refractivity contribution is 5.40. The van der Waals surface area contributed by atoms with E-state index in [1.165, 1.54) is 11.1 Å². The molecule has 12 heavy (non-hydrogen) atoms. The molecule has 0 aromatic heterocycles. The molecular formula is C10H18N2. The quantitative estimate of drug-likeness (QED) is 0.573. The lowest BCUT2D eigenvalue weighted by molar-refractivity contribution is 0.424. The van der Waals surface area contributed by atoms with Gasteiger partial charge in [0.1, 0.15) is 0 Å². The topological polar surface area (TPSA) is 52.0 Å². The van der Waals surface area contributed by atoms with Crippen LogP contribution in [0.1, 0.15) is 27.7 Å². The molecule has 0 fully saturated rings. The Morgan fingerprint density at radius 2 is 1.92 bits per heavy atom. The molecule has 0 aliphatic heterocycles. The van der Waals surface area contributed by atoms with Crippen LogP contribution in [0.25, 0.3) is 0 Å². The second-order valence-corrected chi connectivity index (χ2v) is 4.00. The van der Waals surface area contributed by atoms with Crippen molar-refractivity contribution in [3.8, 4) is 0 Å². The zero-order valence-corrected chi connectivity index (χ0v) is 8.31. The highest BCUT2D eigenvalue weighted by atomic mass is 14.8. The fourth-order valence-electron chi connectivity index (χ4n) is 1.59. The predicted octanol–water partition coefficient (Wildman–Crippen LogP) is 1.53. The minimum atomic E-state index is -0.284. The van der Waals surface area contributed by atoms with Gasteiger partial charge in [0.05, 0.1) is 0 Å². The van der Waals surface area contributed by atoms with Gasteiger partial charge in [-0.15, -0.1) is 0 Å². The third-order valence-electron chi connectivity index (χ3n) is 2.95. The molecule has 0 heterocycles. The van der Waals surface area contributed by atoms with Crippen molar-refractivity contribution in [3.63, 3.8) is 0 Å². The summed E-state index contributed by atoms with van der Waals surface area (Å²) in [5.74, 6) is 0.237. The number of rotatable bonds is 0. The van der Waals surface area contributed by atoms with E-state index in [0.717, 1.165) is 5.70 Å². The summed E-state index contributed by atoms with van der Waals surface area (Å²) in [5, 5.41) is 0. The number of hydrogen-bond acceptors (Lipinski definition) is 2. The smallest absolute Gasteiger partial charge is 0.0397 e. The summed E-state index contributed by atoms with van der Waals surface area (Å²) in [7, 11) is 0. The van der Waals surface area contributed by atoms with Crippen LogP contribution < -0.4 is 11.5 Å². The first-order valence-corrected chi connectivity index (χ1v) is 4.31. The Hall–Kier alpha value is -0.760. The van der Waals surface area contributed by atoms with Crippen molar-refractivity contribution in [2.24, 2.45) is 17.4 Å². The summed E-state index contributed by atoms with van der Waals surface area (Å²) in [5.41, 5.74) is 15.1. The van der Waals surface area contributed by atoms with E-state index in [9.17, 15) is 0 Å². The second kappa shape index (κ2) is 2.63. The van der Waals surface area contributed by atoms with E-state index in [-0.39, 0.29) is 11.5 Å². The predicted molar refractivity (Wildman–Crippen MR) is 52.4 cm³/mol. The lowest BCUT2D eigenvalue weighted by atomic mass is 9.77. The van der Waals surface area contributed by atoms with Crippen LogP contribution >= 0.6 is 0 Å². The van der Waals surface area contributed by atoms with Crippen LogP contribution in [0.5, 0.6) is 0 Å². The SMILES string of the molecule is CC1=CC(C)(N)C(C)C(N)=C1C. The van der Waals surface area contributed by atoms with E-state index >= 15 is 0 Å². The van der Waals surface area contributed by atoms with Gasteiger partial charge in [-0.05, 0) is 31.9 Å². The molecule has 1 rings (SSSR count). The number of nitrogens with two attached hydrogens (primary N) is 2. The Labute approximate surface area is 74.3 Å². The van der Waals surface area contributed by atoms with Crippen LogP contribution in [0.2, 0.25) is 0 Å². The fraction of sp³-hybridized carbons (Fsp3) is 0.600. The van der Waals surface area contributed by atoms with Crippen LogP contribution in [0.3, 0.4) is 0 Å². The van der Waals surface area contributed by atoms with E-state index in [0.29, 0.717) is 0 Å². The van der Waals surface area contributed by atoms with Gasteiger partial charge in [-0.25, -0.2) is 0 Å². The molecule has 2 nitrogen and oxygen atoms in total. The maximum atomic E-state index is 6.07. The Kier molecular flexibility index (Phi) is 2.04. The van der Waals surface area contributed by atoms with Crippen molar-refractivity contribution in [2.45, 2.75) is 33.2 Å². The highest BCUT2D eigenvalue weighted by Crippen LogP contribution is 2.31. The average Bonchev–Trinajstić information content (AvgIpc) is 1.97. The van der Waals surface area contributed by atoms with Crippen LogP contribution in [0.4, 0.5) is 0 Å². The normalized spacial score (nSPS) is 36.8. The van der Waals surface area contributed by atoms with E-state index in [1.807, 2.05) is 13.8 Å². The highest BCUT2D eigenvalue weighted by Gasteiger charge is 2.30. The summed E-state index contributed by atoms with van der Waals surface area (Å²) in [4.78, 5) is 0. The van der Waals surface area contributed by atoms with Gasteiger partial charge in [-0.2, -0.15) is 0 Å². The lowest BCUT2D eigenvalue weighted by Gasteiger charge is -2.34. The summed E-state index contributed by atoms with van der Waals surface area (Å²) >= 11 is 0. The first-order valence-electron chi connectivity index (χ1n) is 4.31. The molecule has 0 spiro atoms. The molecule has 0 aromatic rings. The summed E-state index contributed by atoms with van der Waals surface area (Å²) in [6.07, 6.45) is 2.10. The number of allylic oxidation sites excluding steroid dienone is 2. The van der Waals surface area contributed by atoms with Crippen LogP contribution in [-0.2, 0) is 0 Å². The molecule has 0 bridgehead atoms. The molecular weight excluding hydrogens is 148 g/mol. The third kappa shape index (κ3) is 1.27. The summed E-state index contributed by atoms with van der Waals surface area (Å²) in [6, 6.07) is 0. The second-order valence-electron chi connectivity index (χ2n) is 4.00. The van der Waals surface area contributed by atoms with Gasteiger partial charge in [-0.1, -0.05) is 13.0 Å². The molecule has 2 unspecified atom stereocenters. The Morgan fingerprint density at radius 1 is 1.42 bits per heavy atom. The maximum absolute atomic E-state index is 6.07. The van der Waals surface area contributed by atoms with Crippen molar-refractivity contribution >= 4 is 0 Å². The summed E-state index contributed by atoms with van der Waals surface area (Å²) in [6.45, 7) is 8.19. The molecule has 0 aromatic carbocycles. The van der Waals surface area contributed by atoms with E-state index in [2.05, 4.69) is 19.9 Å². The largest absolute Gasteiger partial charge is 0.402 e. The van der Waals surface area contributed by atoms with Crippen molar-refractivity contribution in [1.29, 1.82) is 0 Å². The van der Waals surface area contributed by atoms with Gasteiger partial charge in [-0.3, -0.25) is 0 Å². The summed E-state index contributed by atoms with van der Waals surface area (Å²) < 4.78 is 0. The van der Waals surface area contributed by atoms with Gasteiger partial charge < -0.3 is 11.5 Å². The van der Waals surface area contributed by atoms with Crippen LogP contribution in [0.15, 0.2) is 22.9 Å². The minimum absolute atomic E-state index is 0.237. The molecule has 1 aliphatic rings. The van der Waals surface area contributed by atoms with Crippen molar-refractivity contribution in [2.75, 3.05) is 0 Å². The number of hydrogen-bond donors (Lipinski definition) is 2. The van der Waals surface area contributed by atoms with Gasteiger partial charge in [0.25, 0.3) is 0 Å².